The summed E-state index contributed by atoms with van der Waals surface area (Å²) in [5, 5.41) is 7.79. The third kappa shape index (κ3) is 3.24. The molecule has 3 heteroatoms. The van der Waals surface area contributed by atoms with Crippen molar-refractivity contribution < 1.29 is 0 Å². The summed E-state index contributed by atoms with van der Waals surface area (Å²) < 4.78 is 1.87. The molecule has 1 heterocycles. The first-order valence-corrected chi connectivity index (χ1v) is 6.37. The van der Waals surface area contributed by atoms with E-state index in [1.54, 1.807) is 0 Å². The van der Waals surface area contributed by atoms with E-state index in [1.165, 1.54) is 0 Å². The lowest BCUT2D eigenvalue weighted by molar-refractivity contribution is 0.431. The molecule has 2 rings (SSSR count). The number of benzene rings is 1. The lowest BCUT2D eigenvalue weighted by Gasteiger charge is -2.24. The summed E-state index contributed by atoms with van der Waals surface area (Å²) >= 11 is 0. The monoisotopic (exact) mass is 253 g/mol. The lowest BCUT2D eigenvalue weighted by Crippen LogP contribution is -2.39. The number of nitrogens with one attached hydrogen (secondary N) is 1. The summed E-state index contributed by atoms with van der Waals surface area (Å²) in [5.41, 5.74) is 1.85. The molecule has 1 aromatic heterocycles. The fraction of sp³-hybridized carbons (Fsp3) is 0.312. The van der Waals surface area contributed by atoms with Gasteiger partial charge in [0.1, 0.15) is 0 Å². The maximum atomic E-state index is 5.50. The van der Waals surface area contributed by atoms with Crippen LogP contribution in [0.3, 0.4) is 0 Å². The van der Waals surface area contributed by atoms with E-state index < -0.39 is 0 Å². The molecule has 1 aromatic carbocycles. The Labute approximate surface area is 114 Å². The number of para-hydroxylation sites is 1. The van der Waals surface area contributed by atoms with Crippen molar-refractivity contribution >= 4 is 0 Å². The van der Waals surface area contributed by atoms with Crippen molar-refractivity contribution in [1.29, 1.82) is 0 Å². The number of aromatic nitrogens is 2. The molecule has 0 bridgehead atoms. The summed E-state index contributed by atoms with van der Waals surface area (Å²) in [6, 6.07) is 10.2. The minimum Gasteiger partial charge on any atom is -0.295 e. The number of terminal acetylenes is 1. The van der Waals surface area contributed by atoms with Gasteiger partial charge in [-0.3, -0.25) is 5.32 Å². The van der Waals surface area contributed by atoms with E-state index in [1.807, 2.05) is 61.3 Å². The van der Waals surface area contributed by atoms with Crippen molar-refractivity contribution in [3.63, 3.8) is 0 Å². The van der Waals surface area contributed by atoms with Crippen LogP contribution in [0.5, 0.6) is 0 Å². The fourth-order valence-electron chi connectivity index (χ4n) is 1.95. The van der Waals surface area contributed by atoms with E-state index in [0.717, 1.165) is 11.3 Å². The number of hydrogen-bond donors (Lipinski definition) is 1. The zero-order valence-corrected chi connectivity index (χ0v) is 11.6. The van der Waals surface area contributed by atoms with E-state index in [4.69, 9.17) is 6.42 Å². The highest BCUT2D eigenvalue weighted by Crippen LogP contribution is 2.17. The molecule has 0 amide bonds. The van der Waals surface area contributed by atoms with Crippen LogP contribution in [-0.2, 0) is 0 Å². The quantitative estimate of drug-likeness (QED) is 0.849. The van der Waals surface area contributed by atoms with Gasteiger partial charge in [-0.2, -0.15) is 5.10 Å². The van der Waals surface area contributed by atoms with Gasteiger partial charge in [0.15, 0.2) is 0 Å². The molecule has 0 aliphatic carbocycles. The minimum atomic E-state index is -0.325. The highest BCUT2D eigenvalue weighted by atomic mass is 15.3. The van der Waals surface area contributed by atoms with Crippen LogP contribution in [0, 0.1) is 12.3 Å². The van der Waals surface area contributed by atoms with Gasteiger partial charge in [0.05, 0.1) is 17.4 Å². The Kier molecular flexibility index (Phi) is 3.73. The number of nitrogens with zero attached hydrogens (tertiary/aromatic N) is 2. The molecule has 0 fully saturated rings. The Morgan fingerprint density at radius 1 is 1.32 bits per heavy atom. The first kappa shape index (κ1) is 13.4. The Hall–Kier alpha value is -2.05. The van der Waals surface area contributed by atoms with Gasteiger partial charge in [-0.25, -0.2) is 4.68 Å². The molecule has 0 saturated carbocycles. The third-order valence-corrected chi connectivity index (χ3v) is 3.06. The molecule has 3 nitrogen and oxygen atoms in total. The van der Waals surface area contributed by atoms with Crippen molar-refractivity contribution in [3.8, 4) is 18.0 Å². The molecule has 19 heavy (non-hydrogen) atoms. The summed E-state index contributed by atoms with van der Waals surface area (Å²) in [6.07, 6.45) is 9.40. The lowest BCUT2D eigenvalue weighted by atomic mass is 10.0. The van der Waals surface area contributed by atoms with Gasteiger partial charge in [0, 0.05) is 17.8 Å². The standard InChI is InChI=1S/C16H19N3/c1-5-16(3,4)18-13(2)14-11-17-19(12-14)15-9-7-6-8-10-15/h1,6-13,18H,2-4H3. The molecule has 1 atom stereocenters. The normalized spacial score (nSPS) is 12.9. The topological polar surface area (TPSA) is 29.9 Å². The summed E-state index contributed by atoms with van der Waals surface area (Å²) in [6.45, 7) is 6.07. The predicted octanol–water partition coefficient (Wildman–Crippen LogP) is 2.93. The van der Waals surface area contributed by atoms with Crippen molar-refractivity contribution in [2.24, 2.45) is 0 Å². The molecular formula is C16H19N3. The fourth-order valence-corrected chi connectivity index (χ4v) is 1.95. The first-order valence-electron chi connectivity index (χ1n) is 6.37. The van der Waals surface area contributed by atoms with Crippen LogP contribution in [0.4, 0.5) is 0 Å². The van der Waals surface area contributed by atoms with Gasteiger partial charge in [-0.05, 0) is 32.9 Å². The maximum absolute atomic E-state index is 5.50. The second-order valence-electron chi connectivity index (χ2n) is 5.19. The van der Waals surface area contributed by atoms with E-state index >= 15 is 0 Å². The van der Waals surface area contributed by atoms with Gasteiger partial charge in [-0.15, -0.1) is 6.42 Å². The molecule has 0 saturated heterocycles. The molecule has 98 valence electrons. The van der Waals surface area contributed by atoms with Gasteiger partial charge in [0.2, 0.25) is 0 Å². The van der Waals surface area contributed by atoms with Crippen LogP contribution >= 0.6 is 0 Å². The van der Waals surface area contributed by atoms with Gasteiger partial charge in [0.25, 0.3) is 0 Å². The summed E-state index contributed by atoms with van der Waals surface area (Å²) in [5.74, 6) is 2.74. The Morgan fingerprint density at radius 2 is 2.00 bits per heavy atom. The highest BCUT2D eigenvalue weighted by molar-refractivity contribution is 5.31. The first-order chi connectivity index (χ1) is 9.02. The van der Waals surface area contributed by atoms with Crippen molar-refractivity contribution in [1.82, 2.24) is 15.1 Å². The molecule has 2 aromatic rings. The zero-order chi connectivity index (χ0) is 13.9. The van der Waals surface area contributed by atoms with Crippen LogP contribution < -0.4 is 5.32 Å². The summed E-state index contributed by atoms with van der Waals surface area (Å²) in [4.78, 5) is 0. The summed E-state index contributed by atoms with van der Waals surface area (Å²) in [7, 11) is 0. The molecule has 0 aliphatic heterocycles. The minimum absolute atomic E-state index is 0.156. The van der Waals surface area contributed by atoms with E-state index in [-0.39, 0.29) is 11.6 Å². The maximum Gasteiger partial charge on any atom is 0.0745 e. The van der Waals surface area contributed by atoms with Crippen LogP contribution in [-0.4, -0.2) is 15.3 Å². The molecule has 0 spiro atoms. The third-order valence-electron chi connectivity index (χ3n) is 3.06. The van der Waals surface area contributed by atoms with E-state index in [0.29, 0.717) is 0 Å². The molecule has 1 N–H and O–H groups in total. The molecular weight excluding hydrogens is 234 g/mol. The Morgan fingerprint density at radius 3 is 2.63 bits per heavy atom. The SMILES string of the molecule is C#CC(C)(C)NC(C)c1cnn(-c2ccccc2)c1. The second kappa shape index (κ2) is 5.29. The van der Waals surface area contributed by atoms with Crippen LogP contribution in [0.1, 0.15) is 32.4 Å². The largest absolute Gasteiger partial charge is 0.295 e. The number of hydrogen-bond acceptors (Lipinski definition) is 2. The highest BCUT2D eigenvalue weighted by Gasteiger charge is 2.18. The average molecular weight is 253 g/mol. The van der Waals surface area contributed by atoms with Gasteiger partial charge in [-0.1, -0.05) is 24.1 Å². The smallest absolute Gasteiger partial charge is 0.0745 e. The Balaban J connectivity index is 2.16. The van der Waals surface area contributed by atoms with Gasteiger partial charge >= 0.3 is 0 Å². The second-order valence-corrected chi connectivity index (χ2v) is 5.19. The molecule has 1 unspecified atom stereocenters. The Bertz CT molecular complexity index is 576. The van der Waals surface area contributed by atoms with Crippen molar-refractivity contribution in [2.75, 3.05) is 0 Å². The van der Waals surface area contributed by atoms with Crippen molar-refractivity contribution in [2.45, 2.75) is 32.4 Å². The number of rotatable bonds is 4. The van der Waals surface area contributed by atoms with Crippen LogP contribution in [0.15, 0.2) is 42.7 Å². The predicted molar refractivity (Wildman–Crippen MR) is 78.0 cm³/mol. The molecule has 0 radical (unpaired) electrons. The van der Waals surface area contributed by atoms with Crippen LogP contribution in [0.2, 0.25) is 0 Å². The van der Waals surface area contributed by atoms with Crippen molar-refractivity contribution in [3.05, 3.63) is 48.3 Å². The van der Waals surface area contributed by atoms with E-state index in [2.05, 4.69) is 23.3 Å². The zero-order valence-electron chi connectivity index (χ0n) is 11.6. The average Bonchev–Trinajstić information content (AvgIpc) is 2.89. The van der Waals surface area contributed by atoms with Gasteiger partial charge < -0.3 is 0 Å². The molecule has 0 aliphatic rings. The van der Waals surface area contributed by atoms with E-state index in [9.17, 15) is 0 Å². The van der Waals surface area contributed by atoms with Crippen LogP contribution in [0.25, 0.3) is 5.69 Å².